The number of aliphatic hydroxyl groups is 1. The van der Waals surface area contributed by atoms with Crippen molar-refractivity contribution in [2.24, 2.45) is 0 Å². The molecule has 0 aliphatic heterocycles. The lowest BCUT2D eigenvalue weighted by Crippen LogP contribution is -2.27. The van der Waals surface area contributed by atoms with Crippen molar-refractivity contribution < 1.29 is 17.9 Å². The quantitative estimate of drug-likeness (QED) is 0.492. The fraction of sp³-hybridized carbons (Fsp3) is 0.500. The SMILES string of the molecule is Cc1cc(F)c(N)cc1S(=O)(=O)NCCSCCCO. The van der Waals surface area contributed by atoms with Gasteiger partial charge in [0.1, 0.15) is 5.82 Å². The van der Waals surface area contributed by atoms with E-state index >= 15 is 0 Å². The van der Waals surface area contributed by atoms with Crippen molar-refractivity contribution in [1.29, 1.82) is 0 Å². The van der Waals surface area contributed by atoms with Crippen LogP contribution in [0.25, 0.3) is 0 Å². The van der Waals surface area contributed by atoms with E-state index in [0.29, 0.717) is 17.7 Å². The predicted molar refractivity (Wildman–Crippen MR) is 79.8 cm³/mol. The lowest BCUT2D eigenvalue weighted by molar-refractivity contribution is 0.296. The van der Waals surface area contributed by atoms with Crippen LogP contribution in [0.5, 0.6) is 0 Å². The van der Waals surface area contributed by atoms with E-state index in [0.717, 1.165) is 17.9 Å². The summed E-state index contributed by atoms with van der Waals surface area (Å²) in [6, 6.07) is 2.24. The molecule has 0 bridgehead atoms. The van der Waals surface area contributed by atoms with Gasteiger partial charge in [0.25, 0.3) is 0 Å². The molecule has 1 aromatic carbocycles. The van der Waals surface area contributed by atoms with Gasteiger partial charge >= 0.3 is 0 Å². The number of aryl methyl sites for hydroxylation is 1. The van der Waals surface area contributed by atoms with Crippen LogP contribution in [0, 0.1) is 12.7 Å². The molecule has 0 unspecified atom stereocenters. The summed E-state index contributed by atoms with van der Waals surface area (Å²) < 4.78 is 39.8. The van der Waals surface area contributed by atoms with Gasteiger partial charge in [0.2, 0.25) is 10.0 Å². The van der Waals surface area contributed by atoms with Crippen molar-refractivity contribution in [2.45, 2.75) is 18.2 Å². The zero-order valence-electron chi connectivity index (χ0n) is 11.2. The van der Waals surface area contributed by atoms with Crippen LogP contribution in [-0.4, -0.2) is 38.2 Å². The van der Waals surface area contributed by atoms with Crippen LogP contribution in [0.1, 0.15) is 12.0 Å². The minimum atomic E-state index is -3.68. The molecule has 0 saturated carbocycles. The van der Waals surface area contributed by atoms with Crippen molar-refractivity contribution >= 4 is 27.5 Å². The van der Waals surface area contributed by atoms with Crippen LogP contribution in [0.4, 0.5) is 10.1 Å². The van der Waals surface area contributed by atoms with Crippen LogP contribution in [0.15, 0.2) is 17.0 Å². The van der Waals surface area contributed by atoms with E-state index in [1.165, 1.54) is 6.92 Å². The van der Waals surface area contributed by atoms with E-state index in [4.69, 9.17) is 10.8 Å². The molecule has 0 aliphatic carbocycles. The number of nitrogens with one attached hydrogen (secondary N) is 1. The molecule has 114 valence electrons. The van der Waals surface area contributed by atoms with E-state index in [1.54, 1.807) is 11.8 Å². The van der Waals surface area contributed by atoms with E-state index in [2.05, 4.69) is 4.72 Å². The van der Waals surface area contributed by atoms with Gasteiger partial charge < -0.3 is 10.8 Å². The van der Waals surface area contributed by atoms with Crippen molar-refractivity contribution in [3.63, 3.8) is 0 Å². The fourth-order valence-corrected chi connectivity index (χ4v) is 3.76. The number of anilines is 1. The van der Waals surface area contributed by atoms with Gasteiger partial charge in [-0.3, -0.25) is 0 Å². The molecule has 0 saturated heterocycles. The number of halogens is 1. The highest BCUT2D eigenvalue weighted by molar-refractivity contribution is 7.99. The highest BCUT2D eigenvalue weighted by Crippen LogP contribution is 2.21. The second kappa shape index (κ2) is 7.82. The Kier molecular flexibility index (Phi) is 6.74. The minimum absolute atomic E-state index is 0.00300. The Morgan fingerprint density at radius 1 is 1.40 bits per heavy atom. The third kappa shape index (κ3) is 4.93. The van der Waals surface area contributed by atoms with Gasteiger partial charge in [0, 0.05) is 18.9 Å². The molecule has 0 amide bonds. The van der Waals surface area contributed by atoms with Crippen molar-refractivity contribution in [3.8, 4) is 0 Å². The summed E-state index contributed by atoms with van der Waals surface area (Å²) in [6.45, 7) is 1.93. The van der Waals surface area contributed by atoms with Gasteiger partial charge in [-0.1, -0.05) is 0 Å². The third-order valence-electron chi connectivity index (χ3n) is 2.57. The first-order valence-electron chi connectivity index (χ1n) is 6.12. The molecule has 0 fully saturated rings. The van der Waals surface area contributed by atoms with Crippen molar-refractivity contribution in [2.75, 3.05) is 30.4 Å². The summed E-state index contributed by atoms with van der Waals surface area (Å²) in [7, 11) is -3.68. The first kappa shape index (κ1) is 17.2. The summed E-state index contributed by atoms with van der Waals surface area (Å²) in [5.74, 6) is 0.761. The summed E-state index contributed by atoms with van der Waals surface area (Å²) >= 11 is 1.55. The van der Waals surface area contributed by atoms with Gasteiger partial charge in [-0.25, -0.2) is 17.5 Å². The van der Waals surface area contributed by atoms with Gasteiger partial charge in [-0.05, 0) is 36.8 Å². The number of hydrogen-bond donors (Lipinski definition) is 3. The summed E-state index contributed by atoms with van der Waals surface area (Å²) in [5, 5.41) is 8.61. The predicted octanol–water partition coefficient (Wildman–Crippen LogP) is 1.11. The first-order chi connectivity index (χ1) is 9.38. The summed E-state index contributed by atoms with van der Waals surface area (Å²) in [4.78, 5) is -0.00300. The number of sulfonamides is 1. The molecule has 8 heteroatoms. The number of thioether (sulfide) groups is 1. The lowest BCUT2D eigenvalue weighted by atomic mass is 10.2. The molecular formula is C12H19FN2O3S2. The number of benzene rings is 1. The Labute approximate surface area is 122 Å². The van der Waals surface area contributed by atoms with Crippen LogP contribution in [-0.2, 0) is 10.0 Å². The smallest absolute Gasteiger partial charge is 0.240 e. The number of nitrogens with two attached hydrogens (primary N) is 1. The maximum absolute atomic E-state index is 13.2. The average Bonchev–Trinajstić information content (AvgIpc) is 2.37. The zero-order valence-corrected chi connectivity index (χ0v) is 12.9. The molecular weight excluding hydrogens is 303 g/mol. The Morgan fingerprint density at radius 2 is 2.10 bits per heavy atom. The first-order valence-corrected chi connectivity index (χ1v) is 8.76. The topological polar surface area (TPSA) is 92.4 Å². The maximum Gasteiger partial charge on any atom is 0.240 e. The molecule has 0 spiro atoms. The second-order valence-corrected chi connectivity index (χ2v) is 7.19. The molecule has 0 aromatic heterocycles. The number of aliphatic hydroxyl groups excluding tert-OH is 1. The molecule has 5 nitrogen and oxygen atoms in total. The highest BCUT2D eigenvalue weighted by Gasteiger charge is 2.18. The molecule has 0 aliphatic rings. The Bertz CT molecular complexity index is 550. The Hall–Kier alpha value is -0.830. The van der Waals surface area contributed by atoms with Crippen molar-refractivity contribution in [3.05, 3.63) is 23.5 Å². The molecule has 0 heterocycles. The average molecular weight is 322 g/mol. The van der Waals surface area contributed by atoms with E-state index in [1.807, 2.05) is 0 Å². The molecule has 0 atom stereocenters. The van der Waals surface area contributed by atoms with Gasteiger partial charge in [0.05, 0.1) is 10.6 Å². The number of rotatable bonds is 8. The summed E-state index contributed by atoms with van der Waals surface area (Å²) in [5.41, 5.74) is 5.53. The molecule has 0 radical (unpaired) electrons. The zero-order chi connectivity index (χ0) is 15.2. The van der Waals surface area contributed by atoms with Gasteiger partial charge in [-0.15, -0.1) is 0 Å². The number of nitrogen functional groups attached to an aromatic ring is 1. The van der Waals surface area contributed by atoms with Gasteiger partial charge in [0.15, 0.2) is 0 Å². The molecule has 1 aromatic rings. The largest absolute Gasteiger partial charge is 0.396 e. The second-order valence-electron chi connectivity index (χ2n) is 4.23. The molecule has 20 heavy (non-hydrogen) atoms. The maximum atomic E-state index is 13.2. The molecule has 4 N–H and O–H groups in total. The summed E-state index contributed by atoms with van der Waals surface area (Å²) in [6.07, 6.45) is 0.686. The van der Waals surface area contributed by atoms with E-state index in [9.17, 15) is 12.8 Å². The lowest BCUT2D eigenvalue weighted by Gasteiger charge is -2.10. The minimum Gasteiger partial charge on any atom is -0.396 e. The third-order valence-corrected chi connectivity index (χ3v) is 5.24. The van der Waals surface area contributed by atoms with Crippen LogP contribution < -0.4 is 10.5 Å². The normalized spacial score (nSPS) is 11.8. The van der Waals surface area contributed by atoms with Crippen LogP contribution in [0.3, 0.4) is 0 Å². The van der Waals surface area contributed by atoms with E-state index in [-0.39, 0.29) is 23.7 Å². The van der Waals surface area contributed by atoms with Gasteiger partial charge in [-0.2, -0.15) is 11.8 Å². The highest BCUT2D eigenvalue weighted by atomic mass is 32.2. The van der Waals surface area contributed by atoms with Crippen LogP contribution >= 0.6 is 11.8 Å². The van der Waals surface area contributed by atoms with Crippen LogP contribution in [0.2, 0.25) is 0 Å². The molecule has 1 rings (SSSR count). The monoisotopic (exact) mass is 322 g/mol. The van der Waals surface area contributed by atoms with E-state index < -0.39 is 15.8 Å². The Morgan fingerprint density at radius 3 is 2.75 bits per heavy atom. The van der Waals surface area contributed by atoms with Crippen molar-refractivity contribution in [1.82, 2.24) is 4.72 Å². The Balaban J connectivity index is 2.63. The fourth-order valence-electron chi connectivity index (χ4n) is 1.55. The number of hydrogen-bond acceptors (Lipinski definition) is 5. The standard InChI is InChI=1S/C12H19FN2O3S2/c1-9-7-10(13)11(14)8-12(9)20(17,18)15-3-6-19-5-2-4-16/h7-8,15-16H,2-6,14H2,1H3.